The number of anilines is 2. The van der Waals surface area contributed by atoms with E-state index in [2.05, 4.69) is 16.0 Å². The van der Waals surface area contributed by atoms with Crippen molar-refractivity contribution in [3.63, 3.8) is 0 Å². The molecule has 2 fully saturated rings. The van der Waals surface area contributed by atoms with E-state index >= 15 is 0 Å². The Balaban J connectivity index is 1.45. The van der Waals surface area contributed by atoms with Crippen LogP contribution in [-0.4, -0.2) is 41.7 Å². The number of nitrogens with zero attached hydrogens (tertiary/aromatic N) is 1. The van der Waals surface area contributed by atoms with Crippen molar-refractivity contribution in [2.45, 2.75) is 25.7 Å². The van der Waals surface area contributed by atoms with Gasteiger partial charge in [-0.2, -0.15) is 0 Å². The van der Waals surface area contributed by atoms with Gasteiger partial charge >= 0.3 is 6.03 Å². The van der Waals surface area contributed by atoms with Crippen LogP contribution in [0.15, 0.2) is 24.3 Å². The average molecular weight is 344 g/mol. The van der Waals surface area contributed by atoms with E-state index in [1.807, 2.05) is 0 Å². The number of nitrogens with one attached hydrogen (secondary N) is 3. The number of amides is 5. The second-order valence-electron chi connectivity index (χ2n) is 6.20. The van der Waals surface area contributed by atoms with Crippen LogP contribution in [0.2, 0.25) is 0 Å². The van der Waals surface area contributed by atoms with Gasteiger partial charge in [0, 0.05) is 30.3 Å². The smallest absolute Gasteiger partial charge is 0.324 e. The molecule has 132 valence electrons. The Hall–Kier alpha value is -2.90. The predicted molar refractivity (Wildman–Crippen MR) is 90.8 cm³/mol. The van der Waals surface area contributed by atoms with Crippen LogP contribution in [0.4, 0.5) is 16.2 Å². The highest BCUT2D eigenvalue weighted by molar-refractivity contribution is 6.02. The van der Waals surface area contributed by atoms with E-state index in [1.54, 1.807) is 24.3 Å². The molecule has 0 atom stereocenters. The van der Waals surface area contributed by atoms with E-state index in [0.29, 0.717) is 11.4 Å². The monoisotopic (exact) mass is 344 g/mol. The van der Waals surface area contributed by atoms with E-state index in [0.717, 1.165) is 24.2 Å². The van der Waals surface area contributed by atoms with Gasteiger partial charge in [0.25, 0.3) is 0 Å². The maximum absolute atomic E-state index is 11.9. The summed E-state index contributed by atoms with van der Waals surface area (Å²) in [6, 6.07) is 6.38. The summed E-state index contributed by atoms with van der Waals surface area (Å²) in [6.45, 7) is 0.0283. The van der Waals surface area contributed by atoms with Gasteiger partial charge in [-0.3, -0.25) is 19.3 Å². The number of hydrogen-bond acceptors (Lipinski definition) is 4. The molecule has 0 spiro atoms. The summed E-state index contributed by atoms with van der Waals surface area (Å²) in [5.74, 6) is -0.468. The van der Waals surface area contributed by atoms with Crippen LogP contribution in [0.5, 0.6) is 0 Å². The molecule has 0 unspecified atom stereocenters. The van der Waals surface area contributed by atoms with Crippen molar-refractivity contribution in [2.24, 2.45) is 5.92 Å². The highest BCUT2D eigenvalue weighted by Crippen LogP contribution is 2.27. The Morgan fingerprint density at radius 3 is 2.24 bits per heavy atom. The number of rotatable bonds is 6. The summed E-state index contributed by atoms with van der Waals surface area (Å²) < 4.78 is 0. The van der Waals surface area contributed by atoms with Gasteiger partial charge in [-0.05, 0) is 37.1 Å². The number of imide groups is 1. The maximum Gasteiger partial charge on any atom is 0.324 e. The minimum Gasteiger partial charge on any atom is -0.329 e. The van der Waals surface area contributed by atoms with Crippen molar-refractivity contribution in [1.82, 2.24) is 10.2 Å². The van der Waals surface area contributed by atoms with Crippen molar-refractivity contribution in [1.29, 1.82) is 0 Å². The van der Waals surface area contributed by atoms with Gasteiger partial charge < -0.3 is 16.0 Å². The van der Waals surface area contributed by atoms with Crippen LogP contribution in [0, 0.1) is 5.92 Å². The number of benzene rings is 1. The quantitative estimate of drug-likeness (QED) is 0.676. The molecular weight excluding hydrogens is 324 g/mol. The number of carbonyl (C=O) groups excluding carboxylic acids is 4. The highest BCUT2D eigenvalue weighted by atomic mass is 16.2. The summed E-state index contributed by atoms with van der Waals surface area (Å²) in [4.78, 5) is 47.6. The van der Waals surface area contributed by atoms with Crippen LogP contribution < -0.4 is 16.0 Å². The summed E-state index contributed by atoms with van der Waals surface area (Å²) >= 11 is 0. The zero-order chi connectivity index (χ0) is 17.8. The largest absolute Gasteiger partial charge is 0.329 e. The molecule has 2 aliphatic rings. The Morgan fingerprint density at radius 2 is 1.72 bits per heavy atom. The Bertz CT molecular complexity index is 681. The minimum atomic E-state index is -0.468. The van der Waals surface area contributed by atoms with Crippen LogP contribution in [0.1, 0.15) is 25.7 Å². The minimum absolute atomic E-state index is 0.0194. The molecule has 5 amide bonds. The first kappa shape index (κ1) is 16.9. The molecule has 1 aliphatic heterocycles. The van der Waals surface area contributed by atoms with Crippen LogP contribution in [0.25, 0.3) is 0 Å². The molecule has 3 N–H and O–H groups in total. The van der Waals surface area contributed by atoms with Gasteiger partial charge in [-0.15, -0.1) is 0 Å². The lowest BCUT2D eigenvalue weighted by atomic mass is 9.85. The lowest BCUT2D eigenvalue weighted by Gasteiger charge is -2.24. The van der Waals surface area contributed by atoms with Crippen LogP contribution in [0.3, 0.4) is 0 Å². The standard InChI is InChI=1S/C17H20N4O4/c22-14(8-9-21-15(23)10-18-17(21)25)19-12-4-6-13(7-5-12)20-16(24)11-2-1-3-11/h4-7,11H,1-3,8-10H2,(H,18,25)(H,19,22)(H,20,24). The third kappa shape index (κ3) is 4.14. The predicted octanol–water partition coefficient (Wildman–Crippen LogP) is 1.31. The van der Waals surface area contributed by atoms with E-state index < -0.39 is 6.03 Å². The third-order valence-electron chi connectivity index (χ3n) is 4.41. The molecule has 8 heteroatoms. The van der Waals surface area contributed by atoms with Crippen LogP contribution >= 0.6 is 0 Å². The van der Waals surface area contributed by atoms with Gasteiger partial charge in [0.2, 0.25) is 17.7 Å². The Kier molecular flexibility index (Phi) is 4.97. The van der Waals surface area contributed by atoms with E-state index in [9.17, 15) is 19.2 Å². The molecular formula is C17H20N4O4. The number of urea groups is 1. The lowest BCUT2D eigenvalue weighted by molar-refractivity contribution is -0.125. The molecule has 0 radical (unpaired) electrons. The molecule has 1 saturated heterocycles. The van der Waals surface area contributed by atoms with E-state index in [4.69, 9.17) is 0 Å². The normalized spacial score (nSPS) is 17.0. The molecule has 1 aromatic carbocycles. The first-order chi connectivity index (χ1) is 12.0. The summed E-state index contributed by atoms with van der Waals surface area (Å²) in [7, 11) is 0. The zero-order valence-electron chi connectivity index (χ0n) is 13.7. The van der Waals surface area contributed by atoms with Crippen molar-refractivity contribution in [3.05, 3.63) is 24.3 Å². The van der Waals surface area contributed by atoms with Crippen molar-refractivity contribution < 1.29 is 19.2 Å². The molecule has 8 nitrogen and oxygen atoms in total. The second kappa shape index (κ2) is 7.33. The first-order valence-electron chi connectivity index (χ1n) is 8.32. The average Bonchev–Trinajstić information content (AvgIpc) is 2.84. The first-order valence-corrected chi connectivity index (χ1v) is 8.32. The van der Waals surface area contributed by atoms with Gasteiger partial charge in [0.15, 0.2) is 0 Å². The fraction of sp³-hybridized carbons (Fsp3) is 0.412. The zero-order valence-corrected chi connectivity index (χ0v) is 13.7. The van der Waals surface area contributed by atoms with Crippen molar-refractivity contribution in [2.75, 3.05) is 23.7 Å². The van der Waals surface area contributed by atoms with Gasteiger partial charge in [0.05, 0.1) is 6.54 Å². The van der Waals surface area contributed by atoms with Gasteiger partial charge in [0.1, 0.15) is 0 Å². The molecule has 1 saturated carbocycles. The van der Waals surface area contributed by atoms with Gasteiger partial charge in [-0.25, -0.2) is 4.79 Å². The summed E-state index contributed by atoms with van der Waals surface area (Å²) in [6.07, 6.45) is 3.02. The number of hydrogen-bond donors (Lipinski definition) is 3. The Labute approximate surface area is 144 Å². The molecule has 3 rings (SSSR count). The van der Waals surface area contributed by atoms with Crippen molar-refractivity contribution in [3.8, 4) is 0 Å². The van der Waals surface area contributed by atoms with Gasteiger partial charge in [-0.1, -0.05) is 6.42 Å². The molecule has 1 aromatic rings. The fourth-order valence-corrected chi connectivity index (χ4v) is 2.67. The Morgan fingerprint density at radius 1 is 1.08 bits per heavy atom. The molecule has 1 aliphatic carbocycles. The molecule has 1 heterocycles. The third-order valence-corrected chi connectivity index (χ3v) is 4.41. The second-order valence-corrected chi connectivity index (χ2v) is 6.20. The molecule has 0 aromatic heterocycles. The maximum atomic E-state index is 11.9. The highest BCUT2D eigenvalue weighted by Gasteiger charge is 2.28. The van der Waals surface area contributed by atoms with Crippen molar-refractivity contribution >= 4 is 35.1 Å². The summed E-state index contributed by atoms with van der Waals surface area (Å²) in [5, 5.41) is 7.96. The fourth-order valence-electron chi connectivity index (χ4n) is 2.67. The molecule has 25 heavy (non-hydrogen) atoms. The lowest BCUT2D eigenvalue weighted by Crippen LogP contribution is -2.33. The SMILES string of the molecule is O=C(CCN1C(=O)CNC1=O)Nc1ccc(NC(=O)C2CCC2)cc1. The molecule has 0 bridgehead atoms. The number of carbonyl (C=O) groups is 4. The summed E-state index contributed by atoms with van der Waals surface area (Å²) in [5.41, 5.74) is 1.28. The topological polar surface area (TPSA) is 108 Å². The van der Waals surface area contributed by atoms with E-state index in [-0.39, 0.29) is 43.1 Å². The van der Waals surface area contributed by atoms with E-state index in [1.165, 1.54) is 0 Å². The van der Waals surface area contributed by atoms with Crippen LogP contribution in [-0.2, 0) is 14.4 Å².